The molecular formula is C14H23N3OS. The Bertz CT molecular complexity index is 375. The summed E-state index contributed by atoms with van der Waals surface area (Å²) in [6, 6.07) is -0.137. The molecule has 1 amide bonds. The monoisotopic (exact) mass is 281 g/mol. The summed E-state index contributed by atoms with van der Waals surface area (Å²) >= 11 is 1.84. The first-order valence-corrected chi connectivity index (χ1v) is 8.38. The zero-order valence-electron chi connectivity index (χ0n) is 11.6. The van der Waals surface area contributed by atoms with Crippen molar-refractivity contribution in [1.29, 1.82) is 0 Å². The van der Waals surface area contributed by atoms with E-state index in [1.54, 1.807) is 0 Å². The van der Waals surface area contributed by atoms with Crippen LogP contribution in [0.2, 0.25) is 0 Å². The molecule has 1 saturated carbocycles. The van der Waals surface area contributed by atoms with Gasteiger partial charge in [0.15, 0.2) is 5.17 Å². The molecule has 0 aromatic heterocycles. The minimum absolute atomic E-state index is 0.137. The van der Waals surface area contributed by atoms with Crippen molar-refractivity contribution in [3.05, 3.63) is 0 Å². The Morgan fingerprint density at radius 2 is 2.11 bits per heavy atom. The molecule has 2 atom stereocenters. The molecule has 1 N–H and O–H groups in total. The Kier molecular flexibility index (Phi) is 4.01. The van der Waals surface area contributed by atoms with Gasteiger partial charge in [0.25, 0.3) is 0 Å². The van der Waals surface area contributed by atoms with Crippen molar-refractivity contribution in [2.24, 2.45) is 10.9 Å². The van der Waals surface area contributed by atoms with Gasteiger partial charge in [-0.05, 0) is 44.9 Å². The third-order valence-corrected chi connectivity index (χ3v) is 5.51. The molecule has 2 aliphatic heterocycles. The molecule has 3 rings (SSSR count). The molecular weight excluding hydrogens is 258 g/mol. The highest BCUT2D eigenvalue weighted by molar-refractivity contribution is 8.14. The Morgan fingerprint density at radius 3 is 2.79 bits per heavy atom. The number of aliphatic imine (C=N–C) groups is 1. The van der Waals surface area contributed by atoms with Crippen LogP contribution in [0.15, 0.2) is 4.99 Å². The van der Waals surface area contributed by atoms with Crippen molar-refractivity contribution < 1.29 is 4.79 Å². The van der Waals surface area contributed by atoms with Crippen molar-refractivity contribution in [2.45, 2.75) is 50.3 Å². The van der Waals surface area contributed by atoms with E-state index in [4.69, 9.17) is 0 Å². The predicted molar refractivity (Wildman–Crippen MR) is 79.4 cm³/mol. The summed E-state index contributed by atoms with van der Waals surface area (Å²) in [5.74, 6) is 1.11. The predicted octanol–water partition coefficient (Wildman–Crippen LogP) is 1.86. The van der Waals surface area contributed by atoms with Crippen molar-refractivity contribution in [2.75, 3.05) is 19.6 Å². The molecule has 1 aliphatic carbocycles. The highest BCUT2D eigenvalue weighted by atomic mass is 32.2. The van der Waals surface area contributed by atoms with E-state index in [0.717, 1.165) is 43.6 Å². The number of thioether (sulfide) groups is 1. The maximum Gasteiger partial charge on any atom is 0.244 e. The van der Waals surface area contributed by atoms with Crippen molar-refractivity contribution in [3.8, 4) is 0 Å². The lowest BCUT2D eigenvalue weighted by molar-refractivity contribution is -0.133. The average Bonchev–Trinajstić information content (AvgIpc) is 3.20. The lowest BCUT2D eigenvalue weighted by Crippen LogP contribution is -2.47. The Balaban J connectivity index is 1.47. The van der Waals surface area contributed by atoms with Gasteiger partial charge in [-0.15, -0.1) is 0 Å². The molecule has 1 saturated heterocycles. The molecule has 0 bridgehead atoms. The molecule has 2 fully saturated rings. The van der Waals surface area contributed by atoms with E-state index in [2.05, 4.69) is 10.3 Å². The zero-order chi connectivity index (χ0) is 13.2. The molecule has 0 aromatic carbocycles. The molecule has 19 heavy (non-hydrogen) atoms. The number of carbonyl (C=O) groups is 1. The normalized spacial score (nSPS) is 29.0. The lowest BCUT2D eigenvalue weighted by atomic mass is 10.1. The second kappa shape index (κ2) is 5.73. The van der Waals surface area contributed by atoms with Crippen LogP contribution >= 0.6 is 11.8 Å². The van der Waals surface area contributed by atoms with Crippen LogP contribution in [0.25, 0.3) is 0 Å². The Hall–Kier alpha value is -0.710. The number of carbonyl (C=O) groups excluding carboxylic acids is 1. The minimum atomic E-state index is -0.137. The van der Waals surface area contributed by atoms with Crippen LogP contribution in [0.4, 0.5) is 0 Å². The largest absolute Gasteiger partial charge is 0.353 e. The molecule has 0 radical (unpaired) electrons. The van der Waals surface area contributed by atoms with Gasteiger partial charge in [0.2, 0.25) is 5.91 Å². The van der Waals surface area contributed by atoms with Crippen molar-refractivity contribution in [1.82, 2.24) is 10.2 Å². The van der Waals surface area contributed by atoms with Crippen LogP contribution in [-0.2, 0) is 4.79 Å². The van der Waals surface area contributed by atoms with E-state index < -0.39 is 0 Å². The standard InChI is InChI=1S/C14H23N3OS/c1-10(13(18)17-7-3-2-4-8-17)16-14-15-9-12(19-14)11-5-6-11/h10-12H,2-9H2,1H3,(H,15,16). The van der Waals surface area contributed by atoms with Crippen LogP contribution in [-0.4, -0.2) is 46.9 Å². The first-order valence-electron chi connectivity index (χ1n) is 7.50. The van der Waals surface area contributed by atoms with Gasteiger partial charge < -0.3 is 10.2 Å². The summed E-state index contributed by atoms with van der Waals surface area (Å²) in [5, 5.41) is 4.96. The number of rotatable bonds is 3. The number of amides is 1. The molecule has 3 aliphatic rings. The zero-order valence-corrected chi connectivity index (χ0v) is 12.4. The molecule has 106 valence electrons. The van der Waals surface area contributed by atoms with E-state index in [1.807, 2.05) is 23.6 Å². The van der Waals surface area contributed by atoms with E-state index in [-0.39, 0.29) is 11.9 Å². The van der Waals surface area contributed by atoms with E-state index in [9.17, 15) is 4.79 Å². The van der Waals surface area contributed by atoms with Crippen LogP contribution in [0.3, 0.4) is 0 Å². The van der Waals surface area contributed by atoms with Crippen LogP contribution < -0.4 is 5.32 Å². The molecule has 2 heterocycles. The second-order valence-electron chi connectivity index (χ2n) is 5.89. The van der Waals surface area contributed by atoms with Crippen LogP contribution in [0.5, 0.6) is 0 Å². The van der Waals surface area contributed by atoms with Gasteiger partial charge in [-0.3, -0.25) is 9.79 Å². The van der Waals surface area contributed by atoms with Gasteiger partial charge in [-0.25, -0.2) is 0 Å². The SMILES string of the molecule is CC(NC1=NCC(C2CC2)S1)C(=O)N1CCCCC1. The number of hydrogen-bond donors (Lipinski definition) is 1. The maximum atomic E-state index is 12.3. The smallest absolute Gasteiger partial charge is 0.244 e. The lowest BCUT2D eigenvalue weighted by Gasteiger charge is -2.29. The summed E-state index contributed by atoms with van der Waals surface area (Å²) in [6.07, 6.45) is 6.29. The van der Waals surface area contributed by atoms with Gasteiger partial charge in [0.05, 0.1) is 6.54 Å². The number of piperidine rings is 1. The molecule has 5 heteroatoms. The maximum absolute atomic E-state index is 12.3. The van der Waals surface area contributed by atoms with Gasteiger partial charge in [0, 0.05) is 18.3 Å². The van der Waals surface area contributed by atoms with E-state index in [1.165, 1.54) is 19.3 Å². The summed E-state index contributed by atoms with van der Waals surface area (Å²) in [6.45, 7) is 4.75. The topological polar surface area (TPSA) is 44.7 Å². The fraction of sp³-hybridized carbons (Fsp3) is 0.857. The number of nitrogens with zero attached hydrogens (tertiary/aromatic N) is 2. The fourth-order valence-electron chi connectivity index (χ4n) is 2.82. The van der Waals surface area contributed by atoms with Gasteiger partial charge >= 0.3 is 0 Å². The summed E-state index contributed by atoms with van der Waals surface area (Å²) in [4.78, 5) is 18.9. The Morgan fingerprint density at radius 1 is 1.37 bits per heavy atom. The summed E-state index contributed by atoms with van der Waals surface area (Å²) < 4.78 is 0. The average molecular weight is 281 g/mol. The molecule has 4 nitrogen and oxygen atoms in total. The first kappa shape index (κ1) is 13.3. The molecule has 0 aromatic rings. The van der Waals surface area contributed by atoms with Gasteiger partial charge in [-0.1, -0.05) is 11.8 Å². The van der Waals surface area contributed by atoms with E-state index >= 15 is 0 Å². The summed E-state index contributed by atoms with van der Waals surface area (Å²) in [5.41, 5.74) is 0. The molecule has 2 unspecified atom stereocenters. The van der Waals surface area contributed by atoms with Crippen molar-refractivity contribution >= 4 is 22.8 Å². The minimum Gasteiger partial charge on any atom is -0.353 e. The number of nitrogens with one attached hydrogen (secondary N) is 1. The second-order valence-corrected chi connectivity index (χ2v) is 7.12. The Labute approximate surface area is 119 Å². The van der Waals surface area contributed by atoms with Gasteiger partial charge in [0.1, 0.15) is 6.04 Å². The molecule has 0 spiro atoms. The van der Waals surface area contributed by atoms with Crippen LogP contribution in [0, 0.1) is 5.92 Å². The quantitative estimate of drug-likeness (QED) is 0.859. The summed E-state index contributed by atoms with van der Waals surface area (Å²) in [7, 11) is 0. The highest BCUT2D eigenvalue weighted by Gasteiger charge is 2.36. The third-order valence-electron chi connectivity index (χ3n) is 4.20. The number of likely N-dealkylation sites (tertiary alicyclic amines) is 1. The number of hydrogen-bond acceptors (Lipinski definition) is 4. The first-order chi connectivity index (χ1) is 9.24. The highest BCUT2D eigenvalue weighted by Crippen LogP contribution is 2.41. The van der Waals surface area contributed by atoms with Crippen molar-refractivity contribution in [3.63, 3.8) is 0 Å². The fourth-order valence-corrected chi connectivity index (χ4v) is 4.11. The third kappa shape index (κ3) is 3.25. The van der Waals surface area contributed by atoms with Crippen LogP contribution in [0.1, 0.15) is 39.0 Å². The van der Waals surface area contributed by atoms with Gasteiger partial charge in [-0.2, -0.15) is 0 Å². The van der Waals surface area contributed by atoms with E-state index in [0.29, 0.717) is 5.25 Å². The number of amidine groups is 1.